The van der Waals surface area contributed by atoms with E-state index in [1.165, 1.54) is 0 Å². The molecule has 0 aromatic carbocycles. The Hall–Kier alpha value is -1.26. The summed E-state index contributed by atoms with van der Waals surface area (Å²) in [6, 6.07) is -0.110. The molecule has 14 heavy (non-hydrogen) atoms. The van der Waals surface area contributed by atoms with Gasteiger partial charge in [0.2, 0.25) is 5.91 Å². The number of carbonyl (C=O) groups excluding carboxylic acids is 1. The highest BCUT2D eigenvalue weighted by molar-refractivity contribution is 5.80. The van der Waals surface area contributed by atoms with Crippen LogP contribution in [0.15, 0.2) is 5.11 Å². The van der Waals surface area contributed by atoms with Crippen LogP contribution in [0.2, 0.25) is 0 Å². The van der Waals surface area contributed by atoms with Crippen LogP contribution in [0.4, 0.5) is 0 Å². The molecule has 1 atom stereocenters. The second kappa shape index (κ2) is 5.47. The molecule has 6 nitrogen and oxygen atoms in total. The van der Waals surface area contributed by atoms with Crippen molar-refractivity contribution in [2.75, 3.05) is 19.6 Å². The van der Waals surface area contributed by atoms with Crippen LogP contribution in [0.1, 0.15) is 19.3 Å². The molecule has 1 amide bonds. The lowest BCUT2D eigenvalue weighted by atomic mass is 10.2. The average molecular weight is 197 g/mol. The van der Waals surface area contributed by atoms with Crippen molar-refractivity contribution in [3.05, 3.63) is 10.4 Å². The van der Waals surface area contributed by atoms with Gasteiger partial charge in [0, 0.05) is 11.5 Å². The van der Waals surface area contributed by atoms with Crippen LogP contribution in [0, 0.1) is 0 Å². The molecule has 78 valence electrons. The van der Waals surface area contributed by atoms with E-state index in [1.54, 1.807) is 0 Å². The average Bonchev–Trinajstić information content (AvgIpc) is 2.60. The van der Waals surface area contributed by atoms with Crippen LogP contribution in [0.25, 0.3) is 10.4 Å². The Kier molecular flexibility index (Phi) is 4.22. The molecule has 0 bridgehead atoms. The van der Waals surface area contributed by atoms with Gasteiger partial charge in [-0.15, -0.1) is 0 Å². The number of hydrogen-bond acceptors (Lipinski definition) is 3. The number of hydrogen-bond donors (Lipinski definition) is 1. The van der Waals surface area contributed by atoms with Gasteiger partial charge in [-0.2, -0.15) is 0 Å². The van der Waals surface area contributed by atoms with Gasteiger partial charge in [0.15, 0.2) is 0 Å². The first-order chi connectivity index (χ1) is 6.75. The van der Waals surface area contributed by atoms with Crippen molar-refractivity contribution in [3.8, 4) is 0 Å². The Morgan fingerprint density at radius 1 is 1.71 bits per heavy atom. The molecule has 0 radical (unpaired) electrons. The van der Waals surface area contributed by atoms with E-state index in [4.69, 9.17) is 11.3 Å². The number of azide groups is 1. The number of carbonyl (C=O) groups is 1. The van der Waals surface area contributed by atoms with Crippen molar-refractivity contribution < 1.29 is 4.79 Å². The number of nitrogens with two attached hydrogens (primary N) is 1. The first-order valence-corrected chi connectivity index (χ1v) is 4.80. The van der Waals surface area contributed by atoms with E-state index >= 15 is 0 Å². The Labute approximate surface area is 82.7 Å². The predicted octanol–water partition coefficient (Wildman–Crippen LogP) is 0.636. The zero-order chi connectivity index (χ0) is 10.4. The monoisotopic (exact) mass is 197 g/mol. The van der Waals surface area contributed by atoms with Crippen LogP contribution >= 0.6 is 0 Å². The fraction of sp³-hybridized carbons (Fsp3) is 0.875. The van der Waals surface area contributed by atoms with Gasteiger partial charge in [-0.05, 0) is 37.9 Å². The number of nitrogens with zero attached hydrogens (tertiary/aromatic N) is 4. The van der Waals surface area contributed by atoms with Crippen LogP contribution in [0.5, 0.6) is 0 Å². The standard InChI is InChI=1S/C8H15N5O/c9-8(14)7-3-1-5-13(7)6-2-4-11-12-10/h7H,1-6H2,(H2,9,14). The Morgan fingerprint density at radius 3 is 3.14 bits per heavy atom. The van der Waals surface area contributed by atoms with Crippen LogP contribution < -0.4 is 5.73 Å². The van der Waals surface area contributed by atoms with Gasteiger partial charge in [-0.1, -0.05) is 5.11 Å². The first-order valence-electron chi connectivity index (χ1n) is 4.80. The minimum Gasteiger partial charge on any atom is -0.368 e. The van der Waals surface area contributed by atoms with Crippen molar-refractivity contribution in [2.24, 2.45) is 10.8 Å². The maximum atomic E-state index is 11.0. The molecule has 0 aromatic heterocycles. The highest BCUT2D eigenvalue weighted by Crippen LogP contribution is 2.16. The molecule has 1 aliphatic rings. The third-order valence-corrected chi connectivity index (χ3v) is 2.46. The maximum Gasteiger partial charge on any atom is 0.234 e. The van der Waals surface area contributed by atoms with Gasteiger partial charge in [0.25, 0.3) is 0 Å². The molecule has 0 saturated carbocycles. The molecule has 1 rings (SSSR count). The highest BCUT2D eigenvalue weighted by Gasteiger charge is 2.27. The van der Waals surface area contributed by atoms with E-state index in [0.717, 1.165) is 32.4 Å². The van der Waals surface area contributed by atoms with E-state index in [1.807, 2.05) is 0 Å². The van der Waals surface area contributed by atoms with Crippen molar-refractivity contribution in [3.63, 3.8) is 0 Å². The van der Waals surface area contributed by atoms with Gasteiger partial charge in [0.05, 0.1) is 6.04 Å². The summed E-state index contributed by atoms with van der Waals surface area (Å²) in [5.74, 6) is -0.244. The lowest BCUT2D eigenvalue weighted by Gasteiger charge is -2.20. The van der Waals surface area contributed by atoms with Gasteiger partial charge in [0.1, 0.15) is 0 Å². The Balaban J connectivity index is 2.28. The van der Waals surface area contributed by atoms with Crippen molar-refractivity contribution in [2.45, 2.75) is 25.3 Å². The minimum atomic E-state index is -0.244. The Morgan fingerprint density at radius 2 is 2.50 bits per heavy atom. The summed E-state index contributed by atoms with van der Waals surface area (Å²) in [5, 5.41) is 3.44. The largest absolute Gasteiger partial charge is 0.368 e. The Bertz CT molecular complexity index is 248. The summed E-state index contributed by atoms with van der Waals surface area (Å²) in [6.45, 7) is 2.19. The normalized spacial score (nSPS) is 21.9. The number of primary amides is 1. The number of rotatable bonds is 5. The molecular weight excluding hydrogens is 182 g/mol. The molecule has 1 unspecified atom stereocenters. The van der Waals surface area contributed by atoms with Gasteiger partial charge in [-0.25, -0.2) is 0 Å². The summed E-state index contributed by atoms with van der Waals surface area (Å²) >= 11 is 0. The SMILES string of the molecule is [N-]=[N+]=NCCCN1CCCC1C(N)=O. The fourth-order valence-corrected chi connectivity index (χ4v) is 1.81. The van der Waals surface area contributed by atoms with Crippen LogP contribution in [-0.4, -0.2) is 36.5 Å². The first kappa shape index (κ1) is 10.8. The molecule has 1 heterocycles. The lowest BCUT2D eigenvalue weighted by molar-refractivity contribution is -0.122. The molecule has 1 aliphatic heterocycles. The summed E-state index contributed by atoms with van der Waals surface area (Å²) in [5.41, 5.74) is 13.3. The molecule has 2 N–H and O–H groups in total. The van der Waals surface area contributed by atoms with Gasteiger partial charge < -0.3 is 5.73 Å². The van der Waals surface area contributed by atoms with Crippen LogP contribution in [0.3, 0.4) is 0 Å². The van der Waals surface area contributed by atoms with E-state index in [9.17, 15) is 4.79 Å². The number of likely N-dealkylation sites (tertiary alicyclic amines) is 1. The van der Waals surface area contributed by atoms with Crippen molar-refractivity contribution in [1.82, 2.24) is 4.90 Å². The van der Waals surface area contributed by atoms with E-state index in [2.05, 4.69) is 14.9 Å². The number of amides is 1. The summed E-state index contributed by atoms with van der Waals surface area (Å²) < 4.78 is 0. The summed E-state index contributed by atoms with van der Waals surface area (Å²) in [6.07, 6.45) is 2.67. The van der Waals surface area contributed by atoms with Crippen LogP contribution in [-0.2, 0) is 4.79 Å². The quantitative estimate of drug-likeness (QED) is 0.303. The maximum absolute atomic E-state index is 11.0. The van der Waals surface area contributed by atoms with Crippen molar-refractivity contribution >= 4 is 5.91 Å². The topological polar surface area (TPSA) is 95.1 Å². The second-order valence-electron chi connectivity index (χ2n) is 3.40. The molecule has 6 heteroatoms. The van der Waals surface area contributed by atoms with E-state index in [0.29, 0.717) is 6.54 Å². The van der Waals surface area contributed by atoms with Gasteiger partial charge >= 0.3 is 0 Å². The third kappa shape index (κ3) is 2.90. The molecule has 1 fully saturated rings. The summed E-state index contributed by atoms with van der Waals surface area (Å²) in [4.78, 5) is 15.7. The second-order valence-corrected chi connectivity index (χ2v) is 3.40. The van der Waals surface area contributed by atoms with Gasteiger partial charge in [-0.3, -0.25) is 9.69 Å². The molecule has 1 saturated heterocycles. The molecular formula is C8H15N5O. The smallest absolute Gasteiger partial charge is 0.234 e. The fourth-order valence-electron chi connectivity index (χ4n) is 1.81. The third-order valence-electron chi connectivity index (χ3n) is 2.46. The minimum absolute atomic E-state index is 0.110. The zero-order valence-electron chi connectivity index (χ0n) is 8.09. The van der Waals surface area contributed by atoms with E-state index in [-0.39, 0.29) is 11.9 Å². The molecule has 0 aliphatic carbocycles. The van der Waals surface area contributed by atoms with Crippen molar-refractivity contribution in [1.29, 1.82) is 0 Å². The highest BCUT2D eigenvalue weighted by atomic mass is 16.1. The lowest BCUT2D eigenvalue weighted by Crippen LogP contribution is -2.40. The zero-order valence-corrected chi connectivity index (χ0v) is 8.09. The summed E-state index contributed by atoms with van der Waals surface area (Å²) in [7, 11) is 0. The van der Waals surface area contributed by atoms with E-state index < -0.39 is 0 Å². The molecule has 0 aromatic rings. The predicted molar refractivity (Wildman–Crippen MR) is 52.4 cm³/mol. The molecule has 0 spiro atoms.